The van der Waals surface area contributed by atoms with Crippen LogP contribution in [0, 0.1) is 0 Å². The number of carboxylic acid groups (broad SMARTS) is 2. The van der Waals surface area contributed by atoms with Crippen molar-refractivity contribution in [3.05, 3.63) is 23.3 Å². The fraction of sp³-hybridized carbons (Fsp3) is 0.750. The van der Waals surface area contributed by atoms with Gasteiger partial charge in [0.1, 0.15) is 22.6 Å². The molecule has 218 valence electrons. The Morgan fingerprint density at radius 3 is 1.03 bits per heavy atom. The predicted molar refractivity (Wildman–Crippen MR) is 155 cm³/mol. The smallest absolute Gasteiger partial charge is 0.339 e. The summed E-state index contributed by atoms with van der Waals surface area (Å²) in [7, 11) is 0. The molecular formula is C32H54O6. The molecule has 0 saturated carbocycles. The monoisotopic (exact) mass is 534 g/mol. The van der Waals surface area contributed by atoms with Gasteiger partial charge in [-0.15, -0.1) is 0 Å². The van der Waals surface area contributed by atoms with Gasteiger partial charge in [0.2, 0.25) is 0 Å². The summed E-state index contributed by atoms with van der Waals surface area (Å²) in [6.45, 7) is 5.20. The Morgan fingerprint density at radius 2 is 0.763 bits per heavy atom. The van der Waals surface area contributed by atoms with Gasteiger partial charge in [-0.2, -0.15) is 0 Å². The van der Waals surface area contributed by atoms with Crippen molar-refractivity contribution in [2.24, 2.45) is 0 Å². The van der Waals surface area contributed by atoms with Crippen molar-refractivity contribution in [1.82, 2.24) is 0 Å². The Morgan fingerprint density at radius 1 is 0.500 bits per heavy atom. The lowest BCUT2D eigenvalue weighted by Gasteiger charge is -2.14. The molecule has 0 radical (unpaired) electrons. The zero-order valence-corrected chi connectivity index (χ0v) is 24.2. The van der Waals surface area contributed by atoms with Crippen molar-refractivity contribution >= 4 is 11.9 Å². The van der Waals surface area contributed by atoms with Gasteiger partial charge in [-0.05, 0) is 25.0 Å². The summed E-state index contributed by atoms with van der Waals surface area (Å²) in [6.07, 6.45) is 24.0. The molecule has 38 heavy (non-hydrogen) atoms. The van der Waals surface area contributed by atoms with Crippen molar-refractivity contribution in [3.63, 3.8) is 0 Å². The number of benzene rings is 1. The van der Waals surface area contributed by atoms with Gasteiger partial charge in [-0.1, -0.05) is 129 Å². The van der Waals surface area contributed by atoms with Gasteiger partial charge < -0.3 is 19.7 Å². The first kappa shape index (κ1) is 33.8. The van der Waals surface area contributed by atoms with E-state index in [-0.39, 0.29) is 22.6 Å². The lowest BCUT2D eigenvalue weighted by atomic mass is 10.1. The average Bonchev–Trinajstić information content (AvgIpc) is 2.90. The number of ether oxygens (including phenoxy) is 2. The molecule has 0 heterocycles. The molecule has 1 aromatic carbocycles. The number of hydrogen-bond acceptors (Lipinski definition) is 4. The Hall–Kier alpha value is -2.24. The summed E-state index contributed by atoms with van der Waals surface area (Å²) in [6, 6.07) is 2.60. The molecule has 0 atom stereocenters. The minimum atomic E-state index is -1.15. The minimum absolute atomic E-state index is 0.0554. The Kier molecular flexibility index (Phi) is 20.2. The largest absolute Gasteiger partial charge is 0.493 e. The molecule has 0 unspecified atom stereocenters. The average molecular weight is 535 g/mol. The van der Waals surface area contributed by atoms with E-state index in [2.05, 4.69) is 13.8 Å². The molecule has 0 aliphatic heterocycles. The second kappa shape index (κ2) is 22.7. The van der Waals surface area contributed by atoms with E-state index in [0.29, 0.717) is 13.2 Å². The fourth-order valence-corrected chi connectivity index (χ4v) is 4.68. The predicted octanol–water partition coefficient (Wildman–Crippen LogP) is 9.68. The molecule has 0 spiro atoms. The van der Waals surface area contributed by atoms with Crippen LogP contribution in [-0.4, -0.2) is 35.4 Å². The van der Waals surface area contributed by atoms with Crippen LogP contribution in [0.2, 0.25) is 0 Å². The molecule has 0 aliphatic carbocycles. The Balaban J connectivity index is 2.41. The standard InChI is InChI=1S/C32H54O6/c1-3-5-7-9-11-13-15-17-19-21-23-37-29-25-28(32(35)36)30(26-27(29)31(33)34)38-24-22-20-18-16-14-12-10-8-6-4-2/h25-26H,3-24H2,1-2H3,(H,33,34)(H,35,36). The zero-order chi connectivity index (χ0) is 27.8. The molecule has 1 rings (SSSR count). The first-order chi connectivity index (χ1) is 18.5. The quantitative estimate of drug-likeness (QED) is 0.115. The summed E-state index contributed by atoms with van der Waals surface area (Å²) >= 11 is 0. The number of carboxylic acids is 2. The normalized spacial score (nSPS) is 11.0. The van der Waals surface area contributed by atoms with Crippen LogP contribution in [0.5, 0.6) is 11.5 Å². The maximum Gasteiger partial charge on any atom is 0.339 e. The first-order valence-corrected chi connectivity index (χ1v) is 15.4. The summed E-state index contributed by atoms with van der Waals surface area (Å²) in [4.78, 5) is 23.7. The van der Waals surface area contributed by atoms with Gasteiger partial charge in [-0.3, -0.25) is 0 Å². The molecule has 1 aromatic rings. The van der Waals surface area contributed by atoms with Crippen molar-refractivity contribution in [1.29, 1.82) is 0 Å². The third-order valence-electron chi connectivity index (χ3n) is 7.05. The summed E-state index contributed by atoms with van der Waals surface area (Å²) in [5.41, 5.74) is -0.111. The van der Waals surface area contributed by atoms with Crippen LogP contribution in [0.4, 0.5) is 0 Å². The highest BCUT2D eigenvalue weighted by Crippen LogP contribution is 2.30. The number of carbonyl (C=O) groups is 2. The van der Waals surface area contributed by atoms with Crippen LogP contribution in [0.15, 0.2) is 12.1 Å². The van der Waals surface area contributed by atoms with Gasteiger partial charge in [0.25, 0.3) is 0 Å². The first-order valence-electron chi connectivity index (χ1n) is 15.4. The Bertz CT molecular complexity index is 697. The third-order valence-corrected chi connectivity index (χ3v) is 7.05. The lowest BCUT2D eigenvalue weighted by molar-refractivity contribution is 0.0672. The summed E-state index contributed by atoms with van der Waals surface area (Å²) in [5, 5.41) is 19.3. The van der Waals surface area contributed by atoms with Gasteiger partial charge in [0.15, 0.2) is 0 Å². The molecule has 6 nitrogen and oxygen atoms in total. The number of aromatic carboxylic acids is 2. The highest BCUT2D eigenvalue weighted by atomic mass is 16.5. The van der Waals surface area contributed by atoms with E-state index in [1.165, 1.54) is 102 Å². The van der Waals surface area contributed by atoms with Crippen LogP contribution < -0.4 is 9.47 Å². The topological polar surface area (TPSA) is 93.1 Å². The van der Waals surface area contributed by atoms with E-state index in [1.54, 1.807) is 0 Å². The van der Waals surface area contributed by atoms with Crippen molar-refractivity contribution in [2.45, 2.75) is 142 Å². The molecule has 0 amide bonds. The van der Waals surface area contributed by atoms with E-state index in [1.807, 2.05) is 0 Å². The third kappa shape index (κ3) is 15.9. The van der Waals surface area contributed by atoms with E-state index in [4.69, 9.17) is 9.47 Å². The van der Waals surface area contributed by atoms with E-state index >= 15 is 0 Å². The summed E-state index contributed by atoms with van der Waals surface area (Å²) in [5.74, 6) is -2.11. The molecule has 0 fully saturated rings. The van der Waals surface area contributed by atoms with Gasteiger partial charge in [-0.25, -0.2) is 9.59 Å². The van der Waals surface area contributed by atoms with Gasteiger partial charge >= 0.3 is 11.9 Å². The van der Waals surface area contributed by atoms with Crippen LogP contribution in [0.3, 0.4) is 0 Å². The fourth-order valence-electron chi connectivity index (χ4n) is 4.68. The molecule has 0 aromatic heterocycles. The van der Waals surface area contributed by atoms with Gasteiger partial charge in [0, 0.05) is 0 Å². The number of rotatable bonds is 26. The van der Waals surface area contributed by atoms with Crippen LogP contribution in [0.1, 0.15) is 163 Å². The molecule has 0 aliphatic rings. The SMILES string of the molecule is CCCCCCCCCCCCOc1cc(C(=O)O)c(OCCCCCCCCCCCC)cc1C(=O)O. The minimum Gasteiger partial charge on any atom is -0.493 e. The number of hydrogen-bond donors (Lipinski definition) is 2. The zero-order valence-electron chi connectivity index (χ0n) is 24.2. The second-order valence-corrected chi connectivity index (χ2v) is 10.5. The molecule has 6 heteroatoms. The lowest BCUT2D eigenvalue weighted by Crippen LogP contribution is -2.10. The molecule has 0 bridgehead atoms. The van der Waals surface area contributed by atoms with Crippen LogP contribution in [0.25, 0.3) is 0 Å². The second-order valence-electron chi connectivity index (χ2n) is 10.5. The highest BCUT2D eigenvalue weighted by molar-refractivity contribution is 5.97. The van der Waals surface area contributed by atoms with Crippen LogP contribution >= 0.6 is 0 Å². The van der Waals surface area contributed by atoms with E-state index in [0.717, 1.165) is 38.5 Å². The van der Waals surface area contributed by atoms with Crippen molar-refractivity contribution in [3.8, 4) is 11.5 Å². The number of unbranched alkanes of at least 4 members (excludes halogenated alkanes) is 18. The molecule has 0 saturated heterocycles. The van der Waals surface area contributed by atoms with E-state index in [9.17, 15) is 19.8 Å². The Labute approximate surface area is 231 Å². The van der Waals surface area contributed by atoms with Crippen molar-refractivity contribution < 1.29 is 29.3 Å². The maximum atomic E-state index is 11.8. The maximum absolute atomic E-state index is 11.8. The van der Waals surface area contributed by atoms with Gasteiger partial charge in [0.05, 0.1) is 13.2 Å². The van der Waals surface area contributed by atoms with E-state index < -0.39 is 11.9 Å². The highest BCUT2D eigenvalue weighted by Gasteiger charge is 2.21. The molecule has 2 N–H and O–H groups in total. The molecular weight excluding hydrogens is 480 g/mol. The van der Waals surface area contributed by atoms with Crippen molar-refractivity contribution in [2.75, 3.05) is 13.2 Å². The summed E-state index contributed by atoms with van der Waals surface area (Å²) < 4.78 is 11.5. The van der Waals surface area contributed by atoms with Crippen LogP contribution in [-0.2, 0) is 0 Å².